The first-order chi connectivity index (χ1) is 15.0. The molecule has 2 aliphatic heterocycles. The maximum atomic E-state index is 14.8. The van der Waals surface area contributed by atoms with Gasteiger partial charge in [0.2, 0.25) is 0 Å². The summed E-state index contributed by atoms with van der Waals surface area (Å²) in [4.78, 5) is 19.9. The van der Waals surface area contributed by atoms with Crippen LogP contribution in [0.5, 0.6) is 0 Å². The molecule has 6 nitrogen and oxygen atoms in total. The molecule has 31 heavy (non-hydrogen) atoms. The van der Waals surface area contributed by atoms with Crippen molar-refractivity contribution in [2.24, 2.45) is 0 Å². The number of piperidine rings is 1. The molecule has 2 fully saturated rings. The lowest BCUT2D eigenvalue weighted by molar-refractivity contribution is 0.354. The molecule has 4 aromatic rings. The molecular weight excluding hydrogens is 438 g/mol. The van der Waals surface area contributed by atoms with E-state index >= 15 is 0 Å². The summed E-state index contributed by atoms with van der Waals surface area (Å²) in [5.74, 6) is -1.06. The van der Waals surface area contributed by atoms with Crippen LogP contribution < -0.4 is 10.2 Å². The molecule has 3 atom stereocenters. The smallest absolute Gasteiger partial charge is 0.188 e. The van der Waals surface area contributed by atoms with Crippen molar-refractivity contribution in [3.8, 4) is 21.8 Å². The Bertz CT molecular complexity index is 1210. The van der Waals surface area contributed by atoms with E-state index < -0.39 is 11.6 Å². The van der Waals surface area contributed by atoms with Crippen LogP contribution in [-0.4, -0.2) is 45.1 Å². The van der Waals surface area contributed by atoms with Crippen LogP contribution in [0.4, 0.5) is 13.9 Å². The van der Waals surface area contributed by atoms with Crippen LogP contribution in [0.1, 0.15) is 25.7 Å². The van der Waals surface area contributed by atoms with Gasteiger partial charge < -0.3 is 15.2 Å². The van der Waals surface area contributed by atoms with Crippen LogP contribution in [0.2, 0.25) is 0 Å². The number of H-pyrrole nitrogens is 1. The van der Waals surface area contributed by atoms with Gasteiger partial charge in [0.05, 0.1) is 12.0 Å². The molecule has 10 heteroatoms. The minimum atomic E-state index is -0.532. The fraction of sp³-hybridized carbons (Fsp3) is 0.381. The molecule has 2 N–H and O–H groups in total. The fourth-order valence-electron chi connectivity index (χ4n) is 4.71. The van der Waals surface area contributed by atoms with E-state index in [0.717, 1.165) is 27.6 Å². The van der Waals surface area contributed by atoms with Crippen LogP contribution in [0.3, 0.4) is 0 Å². The van der Waals surface area contributed by atoms with Crippen LogP contribution in [0.15, 0.2) is 24.7 Å². The van der Waals surface area contributed by atoms with Gasteiger partial charge in [-0.05, 0) is 37.8 Å². The molecule has 2 saturated heterocycles. The van der Waals surface area contributed by atoms with E-state index in [2.05, 4.69) is 32.2 Å². The molecule has 2 aliphatic rings. The molecule has 5 heterocycles. The average Bonchev–Trinajstić information content (AvgIpc) is 3.53. The standard InChI is InChI=1S/C21H20F2N6S2/c1-29(12-4-10-2-3-11(5-12)26-10)21-28-20-19(31-21)27-18(30-20)14-7-15(22)13(6-16(14)23)17-8-24-9-25-17/h6-12,26H,2-5H2,1H3,(H,24,25)/t10-,11+,12-. The number of hydrogen-bond donors (Lipinski definition) is 2. The number of nitrogens with zero attached hydrogens (tertiary/aromatic N) is 4. The van der Waals surface area contributed by atoms with Crippen molar-refractivity contribution in [2.75, 3.05) is 11.9 Å². The molecule has 0 unspecified atom stereocenters. The van der Waals surface area contributed by atoms with Gasteiger partial charge in [0, 0.05) is 42.5 Å². The minimum absolute atomic E-state index is 0.124. The number of hydrogen-bond acceptors (Lipinski definition) is 7. The Balaban J connectivity index is 1.28. The first-order valence-corrected chi connectivity index (χ1v) is 11.9. The van der Waals surface area contributed by atoms with Crippen molar-refractivity contribution in [2.45, 2.75) is 43.8 Å². The topological polar surface area (TPSA) is 69.7 Å². The predicted molar refractivity (Wildman–Crippen MR) is 120 cm³/mol. The highest BCUT2D eigenvalue weighted by Gasteiger charge is 2.36. The maximum Gasteiger partial charge on any atom is 0.188 e. The SMILES string of the molecule is CN(c1nc2sc(-c3cc(F)c(-c4c[nH]cn4)cc3F)nc2s1)[C@@H]1C[C@H]2CC[C@@H](C1)N2. The van der Waals surface area contributed by atoms with E-state index in [1.54, 1.807) is 0 Å². The van der Waals surface area contributed by atoms with Gasteiger partial charge in [-0.15, -0.1) is 0 Å². The van der Waals surface area contributed by atoms with Gasteiger partial charge >= 0.3 is 0 Å². The first-order valence-electron chi connectivity index (χ1n) is 10.3. The van der Waals surface area contributed by atoms with Crippen LogP contribution >= 0.6 is 22.7 Å². The monoisotopic (exact) mass is 458 g/mol. The van der Waals surface area contributed by atoms with E-state index in [0.29, 0.717) is 28.8 Å². The number of halogens is 2. The molecule has 160 valence electrons. The minimum Gasteiger partial charge on any atom is -0.351 e. The molecular formula is C21H20F2N6S2. The summed E-state index contributed by atoms with van der Waals surface area (Å²) < 4.78 is 29.4. The molecule has 0 amide bonds. The number of anilines is 1. The number of imidazole rings is 1. The lowest BCUT2D eigenvalue weighted by Gasteiger charge is -2.35. The molecule has 3 aromatic heterocycles. The van der Waals surface area contributed by atoms with Crippen LogP contribution in [-0.2, 0) is 0 Å². The third kappa shape index (κ3) is 3.33. The highest BCUT2D eigenvalue weighted by atomic mass is 32.1. The van der Waals surface area contributed by atoms with Gasteiger partial charge in [-0.25, -0.2) is 23.7 Å². The van der Waals surface area contributed by atoms with Crippen molar-refractivity contribution in [1.82, 2.24) is 25.3 Å². The predicted octanol–water partition coefficient (Wildman–Crippen LogP) is 4.81. The van der Waals surface area contributed by atoms with Crippen molar-refractivity contribution in [1.29, 1.82) is 0 Å². The number of nitrogens with one attached hydrogen (secondary N) is 2. The van der Waals surface area contributed by atoms with E-state index in [9.17, 15) is 8.78 Å². The maximum absolute atomic E-state index is 14.8. The Morgan fingerprint density at radius 1 is 1.00 bits per heavy atom. The van der Waals surface area contributed by atoms with E-state index in [-0.39, 0.29) is 11.1 Å². The Hall–Kier alpha value is -2.43. The normalized spacial score (nSPS) is 23.0. The van der Waals surface area contributed by atoms with Gasteiger partial charge in [0.1, 0.15) is 16.6 Å². The van der Waals surface area contributed by atoms with Gasteiger partial charge in [-0.3, -0.25) is 0 Å². The highest BCUT2D eigenvalue weighted by molar-refractivity contribution is 7.29. The van der Waals surface area contributed by atoms with Gasteiger partial charge in [-0.1, -0.05) is 22.7 Å². The second kappa shape index (κ2) is 7.32. The van der Waals surface area contributed by atoms with Gasteiger partial charge in [0.15, 0.2) is 14.8 Å². The summed E-state index contributed by atoms with van der Waals surface area (Å²) in [6.45, 7) is 0. The Morgan fingerprint density at radius 3 is 2.42 bits per heavy atom. The summed E-state index contributed by atoms with van der Waals surface area (Å²) in [5, 5.41) is 5.05. The summed E-state index contributed by atoms with van der Waals surface area (Å²) in [7, 11) is 2.10. The summed E-state index contributed by atoms with van der Waals surface area (Å²) >= 11 is 2.81. The first kappa shape index (κ1) is 19.3. The number of rotatable bonds is 4. The quantitative estimate of drug-likeness (QED) is 0.459. The second-order valence-corrected chi connectivity index (χ2v) is 10.2. The lowest BCUT2D eigenvalue weighted by Crippen LogP contribution is -2.47. The third-order valence-electron chi connectivity index (χ3n) is 6.32. The second-order valence-electron chi connectivity index (χ2n) is 8.27. The molecule has 0 aliphatic carbocycles. The lowest BCUT2D eigenvalue weighted by atomic mass is 9.99. The van der Waals surface area contributed by atoms with E-state index in [1.807, 2.05) is 0 Å². The van der Waals surface area contributed by atoms with Gasteiger partial charge in [0.25, 0.3) is 0 Å². The number of aromatic nitrogens is 4. The number of aromatic amines is 1. The molecule has 2 bridgehead atoms. The van der Waals surface area contributed by atoms with Crippen molar-refractivity contribution < 1.29 is 8.78 Å². The van der Waals surface area contributed by atoms with Crippen LogP contribution in [0, 0.1) is 11.6 Å². The highest BCUT2D eigenvalue weighted by Crippen LogP contribution is 2.40. The van der Waals surface area contributed by atoms with Crippen molar-refractivity contribution in [3.63, 3.8) is 0 Å². The van der Waals surface area contributed by atoms with Crippen molar-refractivity contribution in [3.05, 3.63) is 36.3 Å². The zero-order valence-corrected chi connectivity index (χ0v) is 18.4. The zero-order chi connectivity index (χ0) is 21.1. The third-order valence-corrected chi connectivity index (χ3v) is 8.48. The molecule has 1 aromatic carbocycles. The Morgan fingerprint density at radius 2 is 1.71 bits per heavy atom. The molecule has 0 spiro atoms. The van der Waals surface area contributed by atoms with Gasteiger partial charge in [-0.2, -0.15) is 0 Å². The number of fused-ring (bicyclic) bond motifs is 3. The zero-order valence-electron chi connectivity index (χ0n) is 16.7. The fourth-order valence-corrected chi connectivity index (χ4v) is 6.80. The molecule has 0 radical (unpaired) electrons. The summed E-state index contributed by atoms with van der Waals surface area (Å²) in [5.41, 5.74) is 0.638. The van der Waals surface area contributed by atoms with Crippen molar-refractivity contribution >= 4 is 37.5 Å². The largest absolute Gasteiger partial charge is 0.351 e. The Kier molecular flexibility index (Phi) is 4.55. The average molecular weight is 459 g/mol. The molecule has 6 rings (SSSR count). The van der Waals surface area contributed by atoms with E-state index in [1.165, 1.54) is 60.2 Å². The summed E-state index contributed by atoms with van der Waals surface area (Å²) in [6, 6.07) is 4.06. The number of thiazole rings is 2. The molecule has 0 saturated carbocycles. The Labute approximate surface area is 185 Å². The summed E-state index contributed by atoms with van der Waals surface area (Å²) in [6.07, 6.45) is 7.75. The van der Waals surface area contributed by atoms with E-state index in [4.69, 9.17) is 4.98 Å². The number of benzene rings is 1. The van der Waals surface area contributed by atoms with Crippen LogP contribution in [0.25, 0.3) is 31.5 Å².